The van der Waals surface area contributed by atoms with E-state index in [1.807, 2.05) is 11.8 Å². The number of anilines is 1. The van der Waals surface area contributed by atoms with Crippen LogP contribution in [-0.2, 0) is 5.75 Å². The number of hydrogen-bond acceptors (Lipinski definition) is 6. The van der Waals surface area contributed by atoms with Crippen LogP contribution in [0, 0.1) is 13.8 Å². The molecule has 0 fully saturated rings. The lowest BCUT2D eigenvalue weighted by molar-refractivity contribution is 1.06. The molecule has 4 nitrogen and oxygen atoms in total. The van der Waals surface area contributed by atoms with Gasteiger partial charge in [0, 0.05) is 4.88 Å². The standard InChI is InChI=1S/C11H16N4S2/c1-4-16-5-8-13-10(15-12)9-6(2)7(3)17-11(9)14-8/h4-5,12H2,1-3H3,(H,13,14,15). The molecule has 0 saturated heterocycles. The Kier molecular flexibility index (Phi) is 3.86. The Hall–Kier alpha value is -0.850. The third kappa shape index (κ3) is 2.38. The Bertz CT molecular complexity index is 536. The van der Waals surface area contributed by atoms with Gasteiger partial charge in [0.1, 0.15) is 10.7 Å². The zero-order chi connectivity index (χ0) is 12.4. The van der Waals surface area contributed by atoms with Crippen molar-refractivity contribution in [2.45, 2.75) is 26.5 Å². The molecule has 92 valence electrons. The molecule has 0 spiro atoms. The fourth-order valence-corrected chi connectivity index (χ4v) is 3.22. The van der Waals surface area contributed by atoms with Crippen molar-refractivity contribution in [3.8, 4) is 0 Å². The van der Waals surface area contributed by atoms with Crippen molar-refractivity contribution in [1.29, 1.82) is 0 Å². The lowest BCUT2D eigenvalue weighted by Crippen LogP contribution is -2.10. The highest BCUT2D eigenvalue weighted by molar-refractivity contribution is 7.98. The van der Waals surface area contributed by atoms with Gasteiger partial charge < -0.3 is 5.43 Å². The molecule has 6 heteroatoms. The Morgan fingerprint density at radius 3 is 2.76 bits per heavy atom. The monoisotopic (exact) mass is 268 g/mol. The normalized spacial score (nSPS) is 11.1. The van der Waals surface area contributed by atoms with Crippen LogP contribution in [0.4, 0.5) is 5.82 Å². The summed E-state index contributed by atoms with van der Waals surface area (Å²) >= 11 is 3.51. The Labute approximate surface area is 109 Å². The van der Waals surface area contributed by atoms with Crippen LogP contribution >= 0.6 is 23.1 Å². The van der Waals surface area contributed by atoms with Crippen molar-refractivity contribution < 1.29 is 0 Å². The van der Waals surface area contributed by atoms with Crippen LogP contribution in [-0.4, -0.2) is 15.7 Å². The maximum atomic E-state index is 5.55. The third-order valence-corrected chi connectivity index (χ3v) is 4.62. The molecule has 0 bridgehead atoms. The molecule has 3 N–H and O–H groups in total. The van der Waals surface area contributed by atoms with Gasteiger partial charge in [0.15, 0.2) is 5.82 Å². The molecule has 2 aromatic rings. The molecule has 0 aliphatic rings. The zero-order valence-corrected chi connectivity index (χ0v) is 11.8. The Morgan fingerprint density at radius 1 is 1.35 bits per heavy atom. The molecule has 0 unspecified atom stereocenters. The van der Waals surface area contributed by atoms with Gasteiger partial charge in [-0.25, -0.2) is 15.8 Å². The number of aromatic nitrogens is 2. The number of thioether (sulfide) groups is 1. The number of nitrogens with one attached hydrogen (secondary N) is 1. The highest BCUT2D eigenvalue weighted by atomic mass is 32.2. The smallest absolute Gasteiger partial charge is 0.152 e. The van der Waals surface area contributed by atoms with Crippen LogP contribution in [0.2, 0.25) is 0 Å². The van der Waals surface area contributed by atoms with E-state index in [0.717, 1.165) is 33.4 Å². The van der Waals surface area contributed by atoms with Gasteiger partial charge in [0.05, 0.1) is 11.1 Å². The second-order valence-electron chi connectivity index (χ2n) is 3.73. The van der Waals surface area contributed by atoms with E-state index in [-0.39, 0.29) is 0 Å². The molecule has 0 saturated carbocycles. The van der Waals surface area contributed by atoms with Gasteiger partial charge >= 0.3 is 0 Å². The van der Waals surface area contributed by atoms with Gasteiger partial charge in [0.2, 0.25) is 0 Å². The molecule has 17 heavy (non-hydrogen) atoms. The van der Waals surface area contributed by atoms with Crippen LogP contribution in [0.1, 0.15) is 23.2 Å². The third-order valence-electron chi connectivity index (χ3n) is 2.65. The minimum absolute atomic E-state index is 0.739. The number of thiophene rings is 1. The molecule has 0 aliphatic heterocycles. The molecular formula is C11H16N4S2. The lowest BCUT2D eigenvalue weighted by atomic mass is 10.2. The minimum Gasteiger partial charge on any atom is -0.308 e. The van der Waals surface area contributed by atoms with Crippen molar-refractivity contribution in [3.63, 3.8) is 0 Å². The molecule has 0 amide bonds. The minimum atomic E-state index is 0.739. The highest BCUT2D eigenvalue weighted by Crippen LogP contribution is 2.33. The molecule has 2 heterocycles. The van der Waals surface area contributed by atoms with Crippen LogP contribution in [0.3, 0.4) is 0 Å². The summed E-state index contributed by atoms with van der Waals surface area (Å²) in [5.41, 5.74) is 3.90. The summed E-state index contributed by atoms with van der Waals surface area (Å²) in [4.78, 5) is 11.4. The number of nitrogens with zero attached hydrogens (tertiary/aromatic N) is 2. The maximum absolute atomic E-state index is 5.55. The first kappa shape index (κ1) is 12.6. The van der Waals surface area contributed by atoms with Crippen LogP contribution in [0.5, 0.6) is 0 Å². The number of rotatable bonds is 4. The van der Waals surface area contributed by atoms with E-state index >= 15 is 0 Å². The first-order chi connectivity index (χ1) is 8.17. The summed E-state index contributed by atoms with van der Waals surface area (Å²) in [6, 6.07) is 0. The van der Waals surface area contributed by atoms with E-state index in [4.69, 9.17) is 5.84 Å². The SMILES string of the molecule is CCSCc1nc(NN)c2c(C)c(C)sc2n1. The van der Waals surface area contributed by atoms with Gasteiger partial charge in [-0.15, -0.1) is 11.3 Å². The summed E-state index contributed by atoms with van der Waals surface area (Å²) in [7, 11) is 0. The molecule has 0 aliphatic carbocycles. The summed E-state index contributed by atoms with van der Waals surface area (Å²) in [5.74, 6) is 9.03. The number of hydrogen-bond donors (Lipinski definition) is 2. The van der Waals surface area contributed by atoms with Crippen molar-refractivity contribution >= 4 is 39.1 Å². The number of nitrogens with two attached hydrogens (primary N) is 1. The van der Waals surface area contributed by atoms with Gasteiger partial charge in [-0.3, -0.25) is 0 Å². The second-order valence-corrected chi connectivity index (χ2v) is 6.21. The predicted molar refractivity (Wildman–Crippen MR) is 76.5 cm³/mol. The zero-order valence-electron chi connectivity index (χ0n) is 10.2. The van der Waals surface area contributed by atoms with Gasteiger partial charge in [-0.05, 0) is 25.2 Å². The Morgan fingerprint density at radius 2 is 2.12 bits per heavy atom. The van der Waals surface area contributed by atoms with E-state index in [2.05, 4.69) is 36.2 Å². The maximum Gasteiger partial charge on any atom is 0.152 e. The molecule has 2 rings (SSSR count). The van der Waals surface area contributed by atoms with E-state index in [9.17, 15) is 0 Å². The molecule has 0 radical (unpaired) electrons. The van der Waals surface area contributed by atoms with E-state index in [1.54, 1.807) is 11.3 Å². The highest BCUT2D eigenvalue weighted by Gasteiger charge is 2.13. The topological polar surface area (TPSA) is 63.8 Å². The molecule has 2 aromatic heterocycles. The lowest BCUT2D eigenvalue weighted by Gasteiger charge is -2.05. The molecular weight excluding hydrogens is 252 g/mol. The van der Waals surface area contributed by atoms with Crippen molar-refractivity contribution in [2.75, 3.05) is 11.2 Å². The summed E-state index contributed by atoms with van der Waals surface area (Å²) < 4.78 is 0. The van der Waals surface area contributed by atoms with Crippen molar-refractivity contribution in [2.24, 2.45) is 5.84 Å². The number of hydrazine groups is 1. The van der Waals surface area contributed by atoms with E-state index in [1.165, 1.54) is 10.4 Å². The van der Waals surface area contributed by atoms with E-state index in [0.29, 0.717) is 0 Å². The van der Waals surface area contributed by atoms with Crippen molar-refractivity contribution in [1.82, 2.24) is 9.97 Å². The summed E-state index contributed by atoms with van der Waals surface area (Å²) in [5, 5.41) is 1.06. The summed E-state index contributed by atoms with van der Waals surface area (Å²) in [6.07, 6.45) is 0. The average Bonchev–Trinajstić information content (AvgIpc) is 2.61. The van der Waals surface area contributed by atoms with Gasteiger partial charge in [-0.2, -0.15) is 11.8 Å². The van der Waals surface area contributed by atoms with E-state index < -0.39 is 0 Å². The van der Waals surface area contributed by atoms with Crippen LogP contribution in [0.25, 0.3) is 10.2 Å². The second kappa shape index (κ2) is 5.20. The first-order valence-electron chi connectivity index (χ1n) is 5.48. The largest absolute Gasteiger partial charge is 0.308 e. The molecule has 0 aromatic carbocycles. The Balaban J connectivity index is 2.54. The van der Waals surface area contributed by atoms with Crippen LogP contribution < -0.4 is 11.3 Å². The number of fused-ring (bicyclic) bond motifs is 1. The van der Waals surface area contributed by atoms with Gasteiger partial charge in [0.25, 0.3) is 0 Å². The number of nitrogen functional groups attached to an aromatic ring is 1. The van der Waals surface area contributed by atoms with Crippen molar-refractivity contribution in [3.05, 3.63) is 16.3 Å². The quantitative estimate of drug-likeness (QED) is 0.659. The van der Waals surface area contributed by atoms with Gasteiger partial charge in [-0.1, -0.05) is 6.92 Å². The fourth-order valence-electron chi connectivity index (χ4n) is 1.66. The van der Waals surface area contributed by atoms with Crippen LogP contribution in [0.15, 0.2) is 0 Å². The number of aryl methyl sites for hydroxylation is 2. The predicted octanol–water partition coefficient (Wildman–Crippen LogP) is 2.85. The molecule has 0 atom stereocenters. The fraction of sp³-hybridized carbons (Fsp3) is 0.455. The first-order valence-corrected chi connectivity index (χ1v) is 7.45. The summed E-state index contributed by atoms with van der Waals surface area (Å²) in [6.45, 7) is 6.31. The average molecular weight is 268 g/mol.